The van der Waals surface area contributed by atoms with Crippen LogP contribution in [0.2, 0.25) is 0 Å². The van der Waals surface area contributed by atoms with Crippen molar-refractivity contribution in [1.82, 2.24) is 58.5 Å². The molecule has 25 N–H and O–H groups in total. The first kappa shape index (κ1) is 79.8. The average Bonchev–Trinajstić information content (AvgIpc) is 2.27. The molecule has 0 aromatic heterocycles. The Hall–Kier alpha value is -6.24. The van der Waals surface area contributed by atoms with Gasteiger partial charge in [0.25, 0.3) is 0 Å². The molecule has 0 saturated carbocycles. The van der Waals surface area contributed by atoms with Crippen LogP contribution in [-0.4, -0.2) is 205 Å². The summed E-state index contributed by atoms with van der Waals surface area (Å²) in [6, 6.07) is -14.5. The number of aliphatic hydroxyl groups excluding tert-OH is 2. The summed E-state index contributed by atoms with van der Waals surface area (Å²) in [6.07, 6.45) is -1.81. The van der Waals surface area contributed by atoms with E-state index in [1.54, 1.807) is 27.7 Å². The monoisotopic (exact) mass is 1250 g/mol. The first-order valence-corrected chi connectivity index (χ1v) is 30.4. The summed E-state index contributed by atoms with van der Waals surface area (Å²) in [4.78, 5) is 152. The van der Waals surface area contributed by atoms with Crippen molar-refractivity contribution in [3.05, 3.63) is 0 Å². The minimum absolute atomic E-state index is 0.0139. The number of aliphatic hydroxyl groups is 2. The highest BCUT2D eigenvalue weighted by Crippen LogP contribution is 2.13. The van der Waals surface area contributed by atoms with Gasteiger partial charge in [-0.25, -0.2) is 0 Å². The van der Waals surface area contributed by atoms with E-state index in [0.717, 1.165) is 12.8 Å². The maximum absolute atomic E-state index is 14.4. The molecular formula is C52H100N16O17S. The topological polar surface area (TPSA) is 565 Å². The zero-order valence-electron chi connectivity index (χ0n) is 50.8. The standard InChI is InChI=1S/C52H98N16O13.H2O4S/c1-27(2)11-9-10-12-40(71)59-32(13-19-53)47(76)68-42(31(8)70)52(81)64-35(16-22-56)44(73)63-37-18-24-58-51(80)41(30(7)69)67-48(77)36(17-23-57)61-43(72)33(14-20-54)62-49(78)38(25-28(3)4)66-50(79)39(26-29(5)6)65-45(74)34(15-21-55)60-46(37)75;1-5(2,3)4/h27-39,41-42,69-70H,9-26,53-57H2,1-8H3,(H,58,80)(H,59,71)(H,60,75)(H,61,72)(H,62,78)(H,63,73)(H,64,81)(H,65,74)(H,66,79)(H,67,77)(H,68,76);(H2,1,2,3,4)/t30-,31-,32+,33+,34+,35+,36+,37+,38+,39-,41+,42+;/m1./s1. The fourth-order valence-electron chi connectivity index (χ4n) is 8.62. The zero-order valence-corrected chi connectivity index (χ0v) is 51.6. The van der Waals surface area contributed by atoms with Crippen LogP contribution in [0.1, 0.15) is 132 Å². The number of hydrogen-bond acceptors (Lipinski definition) is 20. The van der Waals surface area contributed by atoms with Crippen molar-refractivity contribution in [3.63, 3.8) is 0 Å². The van der Waals surface area contributed by atoms with Gasteiger partial charge in [-0.1, -0.05) is 54.4 Å². The third-order valence-corrected chi connectivity index (χ3v) is 13.1. The molecule has 0 spiro atoms. The highest BCUT2D eigenvalue weighted by Gasteiger charge is 2.37. The Morgan fingerprint density at radius 3 is 1.31 bits per heavy atom. The molecule has 0 unspecified atom stereocenters. The van der Waals surface area contributed by atoms with E-state index in [2.05, 4.69) is 72.3 Å². The number of rotatable bonds is 28. The number of carbonyl (C=O) groups excluding carboxylic acids is 11. The third kappa shape index (κ3) is 33.0. The second-order valence-corrected chi connectivity index (χ2v) is 23.2. The van der Waals surface area contributed by atoms with Gasteiger partial charge in [0, 0.05) is 13.0 Å². The van der Waals surface area contributed by atoms with Gasteiger partial charge >= 0.3 is 10.4 Å². The fraction of sp³-hybridized carbons (Fsp3) is 0.788. The molecular weight excluding hydrogens is 1150 g/mol. The van der Waals surface area contributed by atoms with Crippen molar-refractivity contribution in [2.24, 2.45) is 46.4 Å². The Morgan fingerprint density at radius 2 is 0.919 bits per heavy atom. The summed E-state index contributed by atoms with van der Waals surface area (Å²) in [5.74, 6) is -9.55. The Kier molecular flexibility index (Phi) is 38.8. The van der Waals surface area contributed by atoms with Gasteiger partial charge in [0.2, 0.25) is 65.0 Å². The van der Waals surface area contributed by atoms with E-state index in [9.17, 15) is 63.0 Å². The maximum atomic E-state index is 14.4. The molecule has 0 radical (unpaired) electrons. The molecule has 1 heterocycles. The van der Waals surface area contributed by atoms with E-state index in [1.165, 1.54) is 13.8 Å². The normalized spacial score (nSPS) is 22.6. The Bertz CT molecular complexity index is 2290. The molecule has 12 atom stereocenters. The van der Waals surface area contributed by atoms with Crippen LogP contribution in [0, 0.1) is 17.8 Å². The van der Waals surface area contributed by atoms with E-state index in [4.69, 9.17) is 46.2 Å². The summed E-state index contributed by atoms with van der Waals surface area (Å²) >= 11 is 0. The van der Waals surface area contributed by atoms with Gasteiger partial charge in [0.15, 0.2) is 0 Å². The van der Waals surface area contributed by atoms with Crippen LogP contribution in [0.5, 0.6) is 0 Å². The number of nitrogens with two attached hydrogens (primary N) is 5. The van der Waals surface area contributed by atoms with E-state index in [-0.39, 0.29) is 95.9 Å². The molecule has 0 bridgehead atoms. The minimum Gasteiger partial charge on any atom is -0.391 e. The highest BCUT2D eigenvalue weighted by molar-refractivity contribution is 7.79. The number of amides is 11. The summed E-state index contributed by atoms with van der Waals surface area (Å²) in [6.45, 7) is 12.6. The Balaban J connectivity index is 0.0000138. The van der Waals surface area contributed by atoms with Gasteiger partial charge in [-0.15, -0.1) is 0 Å². The number of hydrogen-bond donors (Lipinski definition) is 20. The van der Waals surface area contributed by atoms with Gasteiger partial charge in [-0.05, 0) is 122 Å². The van der Waals surface area contributed by atoms with Crippen molar-refractivity contribution in [2.45, 2.75) is 205 Å². The summed E-state index contributed by atoms with van der Waals surface area (Å²) in [5, 5.41) is 49.5. The lowest BCUT2D eigenvalue weighted by molar-refractivity contribution is -0.137. The zero-order chi connectivity index (χ0) is 66.0. The molecule has 86 heavy (non-hydrogen) atoms. The fourth-order valence-corrected chi connectivity index (χ4v) is 8.62. The SMILES string of the molecule is CC(C)CCCCC(=O)N[C@@H](CCN)C(=O)N[C@H](C(=O)N[C@@H](CCN)C(=O)N[C@H]1CCNC(=O)[C@H]([C@@H](C)O)NC(=O)[C@H](CCN)NC(=O)[C@H](CCN)NC(=O)[C@H](CC(C)C)NC(=O)[C@@H](CC(C)C)NC(=O)[C@H](CCN)NC1=O)[C@@H](C)O.O=S(=O)(O)O. The lowest BCUT2D eigenvalue weighted by atomic mass is 9.99. The van der Waals surface area contributed by atoms with Gasteiger partial charge in [0.05, 0.1) is 12.2 Å². The Labute approximate surface area is 503 Å². The van der Waals surface area contributed by atoms with Crippen LogP contribution >= 0.6 is 0 Å². The van der Waals surface area contributed by atoms with Crippen molar-refractivity contribution in [3.8, 4) is 0 Å². The van der Waals surface area contributed by atoms with Crippen molar-refractivity contribution in [2.75, 3.05) is 39.3 Å². The predicted molar refractivity (Wildman–Crippen MR) is 315 cm³/mol. The van der Waals surface area contributed by atoms with Crippen molar-refractivity contribution in [1.29, 1.82) is 0 Å². The quantitative estimate of drug-likeness (QED) is 0.0256. The first-order chi connectivity index (χ1) is 40.1. The van der Waals surface area contributed by atoms with Gasteiger partial charge in [-0.2, -0.15) is 8.42 Å². The number of nitrogens with one attached hydrogen (secondary N) is 11. The van der Waals surface area contributed by atoms with Crippen molar-refractivity contribution < 1.29 is 80.5 Å². The molecule has 0 aliphatic carbocycles. The van der Waals surface area contributed by atoms with Gasteiger partial charge in [0.1, 0.15) is 60.4 Å². The molecule has 1 rings (SSSR count). The first-order valence-electron chi connectivity index (χ1n) is 29.0. The number of unbranched alkanes of at least 4 members (excludes halogenated alkanes) is 1. The lowest BCUT2D eigenvalue weighted by Crippen LogP contribution is -2.62. The molecule has 0 aromatic rings. The summed E-state index contributed by atoms with van der Waals surface area (Å²) < 4.78 is 31.6. The molecule has 1 aliphatic heterocycles. The van der Waals surface area contributed by atoms with E-state index in [1.807, 2.05) is 0 Å². The summed E-state index contributed by atoms with van der Waals surface area (Å²) in [7, 11) is -4.67. The molecule has 0 aromatic carbocycles. The van der Waals surface area contributed by atoms with E-state index < -0.39 is 161 Å². The molecule has 496 valence electrons. The van der Waals surface area contributed by atoms with E-state index in [0.29, 0.717) is 12.3 Å². The van der Waals surface area contributed by atoms with Crippen LogP contribution in [0.25, 0.3) is 0 Å². The van der Waals surface area contributed by atoms with Crippen molar-refractivity contribution >= 4 is 75.4 Å². The highest BCUT2D eigenvalue weighted by atomic mass is 32.3. The molecule has 33 nitrogen and oxygen atoms in total. The minimum atomic E-state index is -4.67. The average molecular weight is 1250 g/mol. The second kappa shape index (κ2) is 41.8. The van der Waals surface area contributed by atoms with Crippen LogP contribution in [0.3, 0.4) is 0 Å². The maximum Gasteiger partial charge on any atom is 0.394 e. The van der Waals surface area contributed by atoms with Crippen LogP contribution < -0.4 is 87.2 Å². The van der Waals surface area contributed by atoms with Gasteiger partial charge in [-0.3, -0.25) is 61.8 Å². The lowest BCUT2D eigenvalue weighted by Gasteiger charge is -2.29. The largest absolute Gasteiger partial charge is 0.394 e. The van der Waals surface area contributed by atoms with E-state index >= 15 is 0 Å². The summed E-state index contributed by atoms with van der Waals surface area (Å²) in [5.41, 5.74) is 29.2. The predicted octanol–water partition coefficient (Wildman–Crippen LogP) is -6.48. The van der Waals surface area contributed by atoms with Gasteiger partial charge < -0.3 is 97.4 Å². The van der Waals surface area contributed by atoms with Crippen LogP contribution in [0.15, 0.2) is 0 Å². The molecule has 1 aliphatic rings. The van der Waals surface area contributed by atoms with Crippen LogP contribution in [0.4, 0.5) is 0 Å². The number of carbonyl (C=O) groups is 11. The molecule has 34 heteroatoms. The third-order valence-electron chi connectivity index (χ3n) is 13.1. The Morgan fingerprint density at radius 1 is 0.512 bits per heavy atom. The second-order valence-electron chi connectivity index (χ2n) is 22.3. The van der Waals surface area contributed by atoms with Crippen LogP contribution in [-0.2, 0) is 63.1 Å². The molecule has 1 saturated heterocycles. The molecule has 1 fully saturated rings. The smallest absolute Gasteiger partial charge is 0.391 e. The molecule has 11 amide bonds.